The Morgan fingerprint density at radius 3 is 1.91 bits per heavy atom. The van der Waals surface area contributed by atoms with Gasteiger partial charge in [-0.05, 0) is 6.04 Å². The Hall–Kier alpha value is -0.103. The summed E-state index contributed by atoms with van der Waals surface area (Å²) in [4.78, 5) is 0. The Morgan fingerprint density at radius 1 is 1.18 bits per heavy atom. The molecule has 0 bridgehead atoms. The van der Waals surface area contributed by atoms with Crippen LogP contribution < -0.4 is 0 Å². The van der Waals surface area contributed by atoms with E-state index in [1.165, 1.54) is 21.3 Å². The van der Waals surface area contributed by atoms with Crippen LogP contribution >= 0.6 is 0 Å². The van der Waals surface area contributed by atoms with Crippen LogP contribution in [0.15, 0.2) is 0 Å². The monoisotopic (exact) mass is 178 g/mol. The van der Waals surface area contributed by atoms with Crippen LogP contribution in [0.25, 0.3) is 0 Å². The molecule has 0 aliphatic carbocycles. The molecule has 11 heavy (non-hydrogen) atoms. The van der Waals surface area contributed by atoms with Gasteiger partial charge in [0.1, 0.15) is 0 Å². The molecule has 4 nitrogen and oxygen atoms in total. The maximum atomic E-state index is 10.2. The molecule has 0 rings (SSSR count). The SMILES string of the molecule is COC(CC[SiH]=O)(OC)OC. The highest BCUT2D eigenvalue weighted by Gasteiger charge is 2.28. The van der Waals surface area contributed by atoms with E-state index in [-0.39, 0.29) is 0 Å². The summed E-state index contributed by atoms with van der Waals surface area (Å²) in [5, 5.41) is 0. The van der Waals surface area contributed by atoms with E-state index in [0.717, 1.165) is 0 Å². The molecule has 66 valence electrons. The number of hydrogen-bond donors (Lipinski definition) is 0. The van der Waals surface area contributed by atoms with Crippen molar-refractivity contribution >= 4 is 9.41 Å². The summed E-state index contributed by atoms with van der Waals surface area (Å²) in [6.45, 7) is 0. The van der Waals surface area contributed by atoms with Crippen molar-refractivity contribution in [3.8, 4) is 0 Å². The Kier molecular flexibility index (Phi) is 5.48. The molecule has 0 spiro atoms. The first-order valence-electron chi connectivity index (χ1n) is 3.33. The lowest BCUT2D eigenvalue weighted by Gasteiger charge is -2.27. The second kappa shape index (κ2) is 5.53. The van der Waals surface area contributed by atoms with E-state index in [4.69, 9.17) is 14.2 Å². The molecule has 0 atom stereocenters. The maximum Gasteiger partial charge on any atom is 0.282 e. The van der Waals surface area contributed by atoms with Crippen LogP contribution in [0.4, 0.5) is 0 Å². The van der Waals surface area contributed by atoms with E-state index in [1.54, 1.807) is 0 Å². The van der Waals surface area contributed by atoms with E-state index < -0.39 is 15.4 Å². The van der Waals surface area contributed by atoms with E-state index in [1.807, 2.05) is 0 Å². The minimum Gasteiger partial charge on any atom is -0.392 e. The van der Waals surface area contributed by atoms with Crippen LogP contribution in [0.3, 0.4) is 0 Å². The molecule has 0 aliphatic heterocycles. The average Bonchev–Trinajstić information content (AvgIpc) is 2.08. The second-order valence-corrected chi connectivity index (χ2v) is 2.91. The van der Waals surface area contributed by atoms with E-state index in [9.17, 15) is 4.46 Å². The molecule has 0 radical (unpaired) electrons. The van der Waals surface area contributed by atoms with Crippen molar-refractivity contribution in [1.29, 1.82) is 0 Å². The summed E-state index contributed by atoms with van der Waals surface area (Å²) < 4.78 is 25.1. The van der Waals surface area contributed by atoms with Crippen molar-refractivity contribution in [3.05, 3.63) is 0 Å². The minimum absolute atomic E-state index is 0.495. The third-order valence-electron chi connectivity index (χ3n) is 1.50. The molecule has 0 aromatic rings. The largest absolute Gasteiger partial charge is 0.392 e. The lowest BCUT2D eigenvalue weighted by Crippen LogP contribution is -2.35. The van der Waals surface area contributed by atoms with E-state index in [2.05, 4.69) is 0 Å². The van der Waals surface area contributed by atoms with Crippen LogP contribution in [-0.2, 0) is 18.7 Å². The molecule has 0 aromatic heterocycles. The predicted octanol–water partition coefficient (Wildman–Crippen LogP) is 0.170. The molecule has 0 heterocycles. The first kappa shape index (κ1) is 10.9. The van der Waals surface area contributed by atoms with Gasteiger partial charge in [-0.3, -0.25) is 0 Å². The molecule has 0 amide bonds. The first-order valence-corrected chi connectivity index (χ1v) is 4.62. The van der Waals surface area contributed by atoms with Gasteiger partial charge in [0.2, 0.25) is 0 Å². The zero-order valence-corrected chi connectivity index (χ0v) is 8.28. The van der Waals surface area contributed by atoms with Crippen LogP contribution in [-0.4, -0.2) is 36.7 Å². The number of hydrogen-bond acceptors (Lipinski definition) is 4. The van der Waals surface area contributed by atoms with Gasteiger partial charge in [0.15, 0.2) is 0 Å². The van der Waals surface area contributed by atoms with Gasteiger partial charge in [0, 0.05) is 27.8 Å². The summed E-state index contributed by atoms with van der Waals surface area (Å²) in [6, 6.07) is 0.565. The van der Waals surface area contributed by atoms with Gasteiger partial charge >= 0.3 is 0 Å². The van der Waals surface area contributed by atoms with Crippen molar-refractivity contribution in [2.24, 2.45) is 0 Å². The number of rotatable bonds is 6. The minimum atomic E-state index is -1.00. The fourth-order valence-electron chi connectivity index (χ4n) is 0.792. The van der Waals surface area contributed by atoms with Crippen LogP contribution in [0.1, 0.15) is 6.42 Å². The molecule has 0 N–H and O–H groups in total. The molecular weight excluding hydrogens is 164 g/mol. The molecule has 0 fully saturated rings. The van der Waals surface area contributed by atoms with Crippen molar-refractivity contribution in [2.75, 3.05) is 21.3 Å². The van der Waals surface area contributed by atoms with Crippen molar-refractivity contribution in [2.45, 2.75) is 18.4 Å². The number of methoxy groups -OCH3 is 3. The fraction of sp³-hybridized carbons (Fsp3) is 1.00. The average molecular weight is 178 g/mol. The molecule has 0 saturated heterocycles. The Labute approximate surface area is 68.7 Å². The Bertz CT molecular complexity index is 105. The van der Waals surface area contributed by atoms with E-state index in [0.29, 0.717) is 12.5 Å². The quantitative estimate of drug-likeness (QED) is 0.429. The summed E-state index contributed by atoms with van der Waals surface area (Å²) in [6.07, 6.45) is 0.495. The lowest BCUT2D eigenvalue weighted by atomic mass is 10.4. The summed E-state index contributed by atoms with van der Waals surface area (Å²) in [7, 11) is 3.71. The van der Waals surface area contributed by atoms with Gasteiger partial charge in [0.25, 0.3) is 15.4 Å². The Morgan fingerprint density at radius 2 is 1.64 bits per heavy atom. The van der Waals surface area contributed by atoms with Crippen molar-refractivity contribution < 1.29 is 18.7 Å². The molecular formula is C6H14O4Si. The smallest absolute Gasteiger partial charge is 0.282 e. The van der Waals surface area contributed by atoms with Crippen molar-refractivity contribution in [3.63, 3.8) is 0 Å². The molecule has 0 saturated carbocycles. The predicted molar refractivity (Wildman–Crippen MR) is 41.0 cm³/mol. The Balaban J connectivity index is 3.93. The third kappa shape index (κ3) is 3.20. The summed E-state index contributed by atoms with van der Waals surface area (Å²) >= 11 is 0. The van der Waals surface area contributed by atoms with Gasteiger partial charge in [0.05, 0.1) is 0 Å². The van der Waals surface area contributed by atoms with Gasteiger partial charge in [-0.25, -0.2) is 0 Å². The van der Waals surface area contributed by atoms with Gasteiger partial charge in [-0.15, -0.1) is 0 Å². The second-order valence-electron chi connectivity index (χ2n) is 2.00. The zero-order valence-electron chi connectivity index (χ0n) is 7.12. The standard InChI is InChI=1S/C6H14O4Si/c1-8-6(9-2,10-3)4-5-11-7/h11H,4-5H2,1-3H3. The highest BCUT2D eigenvalue weighted by molar-refractivity contribution is 6.16. The first-order chi connectivity index (χ1) is 5.24. The maximum absolute atomic E-state index is 10.2. The van der Waals surface area contributed by atoms with Gasteiger partial charge in [-0.1, -0.05) is 0 Å². The normalized spacial score (nSPS) is 11.5. The summed E-state index contributed by atoms with van der Waals surface area (Å²) in [5.74, 6) is -1.00. The van der Waals surface area contributed by atoms with Gasteiger partial charge < -0.3 is 18.7 Å². The zero-order chi connectivity index (χ0) is 8.74. The van der Waals surface area contributed by atoms with Crippen LogP contribution in [0.2, 0.25) is 6.04 Å². The van der Waals surface area contributed by atoms with Crippen LogP contribution in [0.5, 0.6) is 0 Å². The molecule has 0 unspecified atom stereocenters. The summed E-state index contributed by atoms with van der Waals surface area (Å²) in [5.41, 5.74) is 0. The third-order valence-corrected chi connectivity index (χ3v) is 2.03. The molecule has 5 heteroatoms. The lowest BCUT2D eigenvalue weighted by molar-refractivity contribution is -0.352. The highest BCUT2D eigenvalue weighted by Crippen LogP contribution is 2.18. The molecule has 0 aliphatic rings. The fourth-order valence-corrected chi connectivity index (χ4v) is 1.26. The van der Waals surface area contributed by atoms with Gasteiger partial charge in [-0.2, -0.15) is 0 Å². The molecule has 0 aromatic carbocycles. The number of ether oxygens (including phenoxy) is 3. The topological polar surface area (TPSA) is 44.8 Å². The van der Waals surface area contributed by atoms with Crippen molar-refractivity contribution in [1.82, 2.24) is 0 Å². The van der Waals surface area contributed by atoms with Crippen LogP contribution in [0, 0.1) is 0 Å². The van der Waals surface area contributed by atoms with E-state index >= 15 is 0 Å². The highest BCUT2D eigenvalue weighted by atomic mass is 28.2.